The Balaban J connectivity index is 1.56. The van der Waals surface area contributed by atoms with Crippen molar-refractivity contribution in [2.75, 3.05) is 0 Å². The fraction of sp³-hybridized carbons (Fsp3) is 0.231. The second-order valence-corrected chi connectivity index (χ2v) is 8.63. The van der Waals surface area contributed by atoms with Gasteiger partial charge in [0, 0.05) is 29.5 Å². The van der Waals surface area contributed by atoms with Gasteiger partial charge in [-0.15, -0.1) is 0 Å². The standard InChI is InChI=1S/C26H25N7/c1-2-32-22(13-16-29-32)25-30-21-17-28-23(18-7-4-3-5-8-18)31-24(21)33(25)20-11-9-19(10-12-20)26(27)14-6-15-26/h3-5,7-13,16-17H,2,6,14-15,27H2,1H3. The van der Waals surface area contributed by atoms with E-state index >= 15 is 0 Å². The molecule has 3 aromatic heterocycles. The molecule has 33 heavy (non-hydrogen) atoms. The summed E-state index contributed by atoms with van der Waals surface area (Å²) in [5, 5.41) is 4.46. The molecule has 2 N–H and O–H groups in total. The van der Waals surface area contributed by atoms with Gasteiger partial charge in [-0.05, 0) is 49.9 Å². The number of fused-ring (bicyclic) bond motifs is 1. The first-order chi connectivity index (χ1) is 16.2. The lowest BCUT2D eigenvalue weighted by Gasteiger charge is -2.38. The molecule has 5 aromatic rings. The van der Waals surface area contributed by atoms with Crippen LogP contribution in [0, 0.1) is 0 Å². The Bertz CT molecular complexity index is 1430. The number of imidazole rings is 1. The molecule has 7 nitrogen and oxygen atoms in total. The van der Waals surface area contributed by atoms with Crippen LogP contribution in [0.15, 0.2) is 73.1 Å². The minimum absolute atomic E-state index is 0.193. The highest BCUT2D eigenvalue weighted by Crippen LogP contribution is 2.39. The fourth-order valence-corrected chi connectivity index (χ4v) is 4.58. The summed E-state index contributed by atoms with van der Waals surface area (Å²) in [7, 11) is 0. The first-order valence-electron chi connectivity index (χ1n) is 11.4. The summed E-state index contributed by atoms with van der Waals surface area (Å²) in [4.78, 5) is 14.5. The molecule has 1 fully saturated rings. The predicted molar refractivity (Wildman–Crippen MR) is 129 cm³/mol. The molecular weight excluding hydrogens is 410 g/mol. The molecule has 0 unspecified atom stereocenters. The molecule has 0 radical (unpaired) electrons. The maximum atomic E-state index is 6.56. The van der Waals surface area contributed by atoms with Crippen molar-refractivity contribution >= 4 is 11.2 Å². The van der Waals surface area contributed by atoms with Crippen LogP contribution >= 0.6 is 0 Å². The molecule has 0 bridgehead atoms. The number of hydrogen-bond donors (Lipinski definition) is 1. The molecule has 6 rings (SSSR count). The van der Waals surface area contributed by atoms with Crippen molar-refractivity contribution in [1.29, 1.82) is 0 Å². The second kappa shape index (κ2) is 7.64. The van der Waals surface area contributed by atoms with Crippen LogP contribution in [0.5, 0.6) is 0 Å². The van der Waals surface area contributed by atoms with E-state index in [-0.39, 0.29) is 5.54 Å². The van der Waals surface area contributed by atoms with Crippen LogP contribution in [0.25, 0.3) is 39.8 Å². The molecule has 7 heteroatoms. The molecular formula is C26H25N7. The average molecular weight is 436 g/mol. The first-order valence-corrected chi connectivity index (χ1v) is 11.4. The lowest BCUT2D eigenvalue weighted by molar-refractivity contribution is 0.253. The molecule has 1 saturated carbocycles. The fourth-order valence-electron chi connectivity index (χ4n) is 4.58. The summed E-state index contributed by atoms with van der Waals surface area (Å²) < 4.78 is 4.04. The van der Waals surface area contributed by atoms with Crippen LogP contribution in [-0.4, -0.2) is 29.3 Å². The number of nitrogens with zero attached hydrogens (tertiary/aromatic N) is 6. The third-order valence-electron chi connectivity index (χ3n) is 6.62. The topological polar surface area (TPSA) is 87.4 Å². The molecule has 0 atom stereocenters. The Labute approximate surface area is 191 Å². The SMILES string of the molecule is CCn1nccc1-c1nc2cnc(-c3ccccc3)nc2n1-c1ccc(C2(N)CCC2)cc1. The van der Waals surface area contributed by atoms with E-state index in [0.29, 0.717) is 5.82 Å². The minimum Gasteiger partial charge on any atom is -0.321 e. The number of hydrogen-bond acceptors (Lipinski definition) is 5. The van der Waals surface area contributed by atoms with E-state index in [4.69, 9.17) is 15.7 Å². The molecule has 0 aliphatic heterocycles. The third-order valence-corrected chi connectivity index (χ3v) is 6.62. The maximum Gasteiger partial charge on any atom is 0.169 e. The summed E-state index contributed by atoms with van der Waals surface area (Å²) in [6.07, 6.45) is 6.87. The Hall–Kier alpha value is -3.84. The van der Waals surface area contributed by atoms with Gasteiger partial charge >= 0.3 is 0 Å². The highest BCUT2D eigenvalue weighted by molar-refractivity contribution is 5.80. The van der Waals surface area contributed by atoms with E-state index in [1.807, 2.05) is 47.3 Å². The van der Waals surface area contributed by atoms with E-state index in [1.165, 1.54) is 12.0 Å². The van der Waals surface area contributed by atoms with Crippen LogP contribution in [0.2, 0.25) is 0 Å². The molecule has 3 heterocycles. The Morgan fingerprint density at radius 1 is 0.970 bits per heavy atom. The highest BCUT2D eigenvalue weighted by atomic mass is 15.3. The lowest BCUT2D eigenvalue weighted by Crippen LogP contribution is -2.43. The number of aryl methyl sites for hydroxylation is 1. The smallest absolute Gasteiger partial charge is 0.169 e. The van der Waals surface area contributed by atoms with Crippen molar-refractivity contribution in [3.05, 3.63) is 78.6 Å². The highest BCUT2D eigenvalue weighted by Gasteiger charge is 2.34. The van der Waals surface area contributed by atoms with Crippen molar-refractivity contribution in [3.63, 3.8) is 0 Å². The molecule has 0 spiro atoms. The Morgan fingerprint density at radius 3 is 2.45 bits per heavy atom. The summed E-state index contributed by atoms with van der Waals surface area (Å²) in [6.45, 7) is 2.83. The summed E-state index contributed by atoms with van der Waals surface area (Å²) in [5.74, 6) is 1.47. The van der Waals surface area contributed by atoms with Gasteiger partial charge in [-0.3, -0.25) is 9.25 Å². The third kappa shape index (κ3) is 3.24. The molecule has 0 amide bonds. The van der Waals surface area contributed by atoms with Gasteiger partial charge in [0.1, 0.15) is 11.2 Å². The van der Waals surface area contributed by atoms with Crippen molar-refractivity contribution < 1.29 is 0 Å². The zero-order valence-electron chi connectivity index (χ0n) is 18.5. The normalized spacial score (nSPS) is 15.0. The number of rotatable bonds is 5. The van der Waals surface area contributed by atoms with E-state index in [1.54, 1.807) is 6.20 Å². The average Bonchev–Trinajstić information content (AvgIpc) is 3.47. The first kappa shape index (κ1) is 19.8. The van der Waals surface area contributed by atoms with Crippen molar-refractivity contribution in [3.8, 4) is 28.6 Å². The van der Waals surface area contributed by atoms with Gasteiger partial charge in [0.2, 0.25) is 0 Å². The van der Waals surface area contributed by atoms with Crippen LogP contribution in [0.3, 0.4) is 0 Å². The van der Waals surface area contributed by atoms with Gasteiger partial charge in [0.15, 0.2) is 17.3 Å². The van der Waals surface area contributed by atoms with E-state index in [2.05, 4.69) is 45.8 Å². The van der Waals surface area contributed by atoms with Gasteiger partial charge in [-0.1, -0.05) is 42.5 Å². The monoisotopic (exact) mass is 435 g/mol. The van der Waals surface area contributed by atoms with Crippen molar-refractivity contribution in [2.45, 2.75) is 38.3 Å². The summed E-state index contributed by atoms with van der Waals surface area (Å²) >= 11 is 0. The van der Waals surface area contributed by atoms with Gasteiger partial charge in [-0.2, -0.15) is 5.10 Å². The predicted octanol–water partition coefficient (Wildman–Crippen LogP) is 4.70. The molecule has 2 aromatic carbocycles. The summed E-state index contributed by atoms with van der Waals surface area (Å²) in [6, 6.07) is 20.5. The van der Waals surface area contributed by atoms with E-state index in [9.17, 15) is 0 Å². The zero-order valence-corrected chi connectivity index (χ0v) is 18.5. The largest absolute Gasteiger partial charge is 0.321 e. The molecule has 164 valence electrons. The maximum absolute atomic E-state index is 6.56. The van der Waals surface area contributed by atoms with Crippen molar-refractivity contribution in [2.24, 2.45) is 5.73 Å². The number of benzene rings is 2. The Kier molecular flexibility index (Phi) is 4.58. The number of nitrogens with two attached hydrogens (primary N) is 1. The molecule has 1 aliphatic rings. The second-order valence-electron chi connectivity index (χ2n) is 8.63. The number of aromatic nitrogens is 6. The van der Waals surface area contributed by atoms with Crippen LogP contribution in [0.1, 0.15) is 31.7 Å². The Morgan fingerprint density at radius 2 is 1.76 bits per heavy atom. The lowest BCUT2D eigenvalue weighted by atomic mass is 9.73. The molecule has 0 saturated heterocycles. The van der Waals surface area contributed by atoms with Crippen LogP contribution in [-0.2, 0) is 12.1 Å². The zero-order chi connectivity index (χ0) is 22.4. The minimum atomic E-state index is -0.193. The van der Waals surface area contributed by atoms with E-state index in [0.717, 1.165) is 53.3 Å². The van der Waals surface area contributed by atoms with Gasteiger partial charge in [0.05, 0.1) is 6.20 Å². The quantitative estimate of drug-likeness (QED) is 0.432. The van der Waals surface area contributed by atoms with E-state index < -0.39 is 0 Å². The summed E-state index contributed by atoms with van der Waals surface area (Å²) in [5.41, 5.74) is 12.0. The van der Waals surface area contributed by atoms with Gasteiger partial charge in [-0.25, -0.2) is 15.0 Å². The van der Waals surface area contributed by atoms with Gasteiger partial charge < -0.3 is 5.73 Å². The van der Waals surface area contributed by atoms with Crippen LogP contribution < -0.4 is 5.73 Å². The van der Waals surface area contributed by atoms with Crippen molar-refractivity contribution in [1.82, 2.24) is 29.3 Å². The van der Waals surface area contributed by atoms with Gasteiger partial charge in [0.25, 0.3) is 0 Å². The molecule has 1 aliphatic carbocycles. The van der Waals surface area contributed by atoms with Crippen LogP contribution in [0.4, 0.5) is 0 Å².